The zero-order chi connectivity index (χ0) is 11.0. The van der Waals surface area contributed by atoms with Gasteiger partial charge < -0.3 is 4.98 Å². The number of anilines is 1. The summed E-state index contributed by atoms with van der Waals surface area (Å²) in [6.45, 7) is 1.92. The van der Waals surface area contributed by atoms with Crippen molar-refractivity contribution in [3.8, 4) is 0 Å². The number of para-hydroxylation sites is 1. The minimum Gasteiger partial charge on any atom is -0.357 e. The van der Waals surface area contributed by atoms with E-state index in [-0.39, 0.29) is 0 Å². The van der Waals surface area contributed by atoms with Crippen molar-refractivity contribution in [1.82, 2.24) is 4.98 Å². The van der Waals surface area contributed by atoms with E-state index in [9.17, 15) is 4.79 Å². The van der Waals surface area contributed by atoms with Crippen molar-refractivity contribution in [1.29, 1.82) is 0 Å². The summed E-state index contributed by atoms with van der Waals surface area (Å²) in [7, 11) is 1.66. The Morgan fingerprint density at radius 2 is 2.07 bits per heavy atom. The van der Waals surface area contributed by atoms with Gasteiger partial charge in [-0.2, -0.15) is 0 Å². The third-order valence-corrected chi connectivity index (χ3v) is 2.71. The molecule has 1 aromatic carbocycles. The number of amides is 1. The van der Waals surface area contributed by atoms with Crippen LogP contribution < -0.4 is 4.90 Å². The van der Waals surface area contributed by atoms with Gasteiger partial charge in [0.05, 0.1) is 5.69 Å². The Kier molecular flexibility index (Phi) is 2.40. The van der Waals surface area contributed by atoms with Crippen LogP contribution in [0.4, 0.5) is 10.5 Å². The highest BCUT2D eigenvalue weighted by Gasteiger charge is 2.15. The molecular formula is C11H11ClN2O. The summed E-state index contributed by atoms with van der Waals surface area (Å²) in [5.41, 5.74) is 2.79. The number of aryl methyl sites for hydroxylation is 1. The van der Waals surface area contributed by atoms with E-state index in [1.165, 1.54) is 4.90 Å². The van der Waals surface area contributed by atoms with Crippen LogP contribution in [0.15, 0.2) is 24.3 Å². The van der Waals surface area contributed by atoms with Crippen LogP contribution in [0.1, 0.15) is 5.69 Å². The summed E-state index contributed by atoms with van der Waals surface area (Å²) >= 11 is 5.47. The number of halogens is 1. The van der Waals surface area contributed by atoms with Gasteiger partial charge in [-0.3, -0.25) is 9.69 Å². The van der Waals surface area contributed by atoms with Gasteiger partial charge in [-0.05, 0) is 24.6 Å². The van der Waals surface area contributed by atoms with Crippen LogP contribution in [0.3, 0.4) is 0 Å². The molecule has 0 aliphatic carbocycles. The van der Waals surface area contributed by atoms with Crippen LogP contribution in [-0.2, 0) is 0 Å². The molecule has 0 atom stereocenters. The maximum atomic E-state index is 11.1. The van der Waals surface area contributed by atoms with E-state index >= 15 is 0 Å². The minimum absolute atomic E-state index is 0.483. The summed E-state index contributed by atoms with van der Waals surface area (Å²) in [5, 5.41) is 0.523. The fourth-order valence-electron chi connectivity index (χ4n) is 1.78. The number of carbonyl (C=O) groups is 1. The highest BCUT2D eigenvalue weighted by Crippen LogP contribution is 2.30. The highest BCUT2D eigenvalue weighted by molar-refractivity contribution is 6.66. The lowest BCUT2D eigenvalue weighted by atomic mass is 10.2. The fourth-order valence-corrected chi connectivity index (χ4v) is 1.87. The van der Waals surface area contributed by atoms with E-state index in [4.69, 9.17) is 11.6 Å². The zero-order valence-electron chi connectivity index (χ0n) is 8.54. The van der Waals surface area contributed by atoms with Gasteiger partial charge in [0.15, 0.2) is 0 Å². The first kappa shape index (κ1) is 10.1. The molecule has 0 saturated heterocycles. The third kappa shape index (κ3) is 1.59. The molecule has 0 radical (unpaired) electrons. The second kappa shape index (κ2) is 3.59. The standard InChI is InChI=1S/C11H11ClN2O/c1-7-10(14(2)11(12)15)8-5-3-4-6-9(8)13-7/h3-6,13H,1-2H3. The molecular weight excluding hydrogens is 212 g/mol. The summed E-state index contributed by atoms with van der Waals surface area (Å²) in [6.07, 6.45) is 0. The summed E-state index contributed by atoms with van der Waals surface area (Å²) in [6, 6.07) is 7.82. The minimum atomic E-state index is -0.483. The second-order valence-corrected chi connectivity index (χ2v) is 3.78. The number of aromatic amines is 1. The number of rotatable bonds is 1. The van der Waals surface area contributed by atoms with Crippen LogP contribution in [0.2, 0.25) is 0 Å². The molecule has 78 valence electrons. The van der Waals surface area contributed by atoms with Crippen LogP contribution in [0, 0.1) is 6.92 Å². The Bertz CT molecular complexity index is 518. The number of aromatic nitrogens is 1. The Morgan fingerprint density at radius 3 is 2.73 bits per heavy atom. The first-order valence-corrected chi connectivity index (χ1v) is 4.99. The highest BCUT2D eigenvalue weighted by atomic mass is 35.5. The molecule has 0 fully saturated rings. The molecule has 4 heteroatoms. The number of H-pyrrole nitrogens is 1. The molecule has 1 amide bonds. The van der Waals surface area contributed by atoms with Crippen molar-refractivity contribution < 1.29 is 4.79 Å². The lowest BCUT2D eigenvalue weighted by Crippen LogP contribution is -2.19. The number of carbonyl (C=O) groups excluding carboxylic acids is 1. The van der Waals surface area contributed by atoms with E-state index in [0.717, 1.165) is 22.3 Å². The van der Waals surface area contributed by atoms with E-state index in [1.807, 2.05) is 31.2 Å². The van der Waals surface area contributed by atoms with Gasteiger partial charge in [0.2, 0.25) is 0 Å². The van der Waals surface area contributed by atoms with Crippen molar-refractivity contribution in [3.63, 3.8) is 0 Å². The van der Waals surface area contributed by atoms with E-state index in [1.54, 1.807) is 7.05 Å². The molecule has 2 aromatic rings. The quantitative estimate of drug-likeness (QED) is 0.584. The summed E-state index contributed by atoms with van der Waals surface area (Å²) in [4.78, 5) is 15.8. The van der Waals surface area contributed by atoms with E-state index < -0.39 is 5.37 Å². The molecule has 0 bridgehead atoms. The average molecular weight is 223 g/mol. The Morgan fingerprint density at radius 1 is 1.40 bits per heavy atom. The zero-order valence-corrected chi connectivity index (χ0v) is 9.30. The topological polar surface area (TPSA) is 36.1 Å². The molecule has 0 aliphatic rings. The average Bonchev–Trinajstić information content (AvgIpc) is 2.52. The van der Waals surface area contributed by atoms with Gasteiger partial charge in [-0.15, -0.1) is 0 Å². The third-order valence-electron chi connectivity index (χ3n) is 2.46. The molecule has 0 spiro atoms. The van der Waals surface area contributed by atoms with Crippen LogP contribution in [0.25, 0.3) is 10.9 Å². The smallest absolute Gasteiger partial charge is 0.320 e. The van der Waals surface area contributed by atoms with Gasteiger partial charge in [0, 0.05) is 23.6 Å². The summed E-state index contributed by atoms with van der Waals surface area (Å²) in [5.74, 6) is 0. The molecule has 1 N–H and O–H groups in total. The number of nitrogens with one attached hydrogen (secondary N) is 1. The second-order valence-electron chi connectivity index (χ2n) is 3.46. The SMILES string of the molecule is Cc1[nH]c2ccccc2c1N(C)C(=O)Cl. The number of hydrogen-bond donors (Lipinski definition) is 1. The van der Waals surface area contributed by atoms with Crippen molar-refractivity contribution in [2.45, 2.75) is 6.92 Å². The Balaban J connectivity index is 2.68. The van der Waals surface area contributed by atoms with Crippen LogP contribution in [-0.4, -0.2) is 17.4 Å². The number of benzene rings is 1. The number of hydrogen-bond acceptors (Lipinski definition) is 1. The van der Waals surface area contributed by atoms with Gasteiger partial charge in [-0.25, -0.2) is 0 Å². The summed E-state index contributed by atoms with van der Waals surface area (Å²) < 4.78 is 0. The molecule has 1 aromatic heterocycles. The van der Waals surface area contributed by atoms with Crippen molar-refractivity contribution in [2.75, 3.05) is 11.9 Å². The molecule has 0 saturated carbocycles. The predicted octanol–water partition coefficient (Wildman–Crippen LogP) is 3.27. The lowest BCUT2D eigenvalue weighted by Gasteiger charge is -2.13. The molecule has 3 nitrogen and oxygen atoms in total. The van der Waals surface area contributed by atoms with Crippen molar-refractivity contribution in [3.05, 3.63) is 30.0 Å². The van der Waals surface area contributed by atoms with Gasteiger partial charge in [-0.1, -0.05) is 18.2 Å². The van der Waals surface area contributed by atoms with Gasteiger partial charge in [0.1, 0.15) is 0 Å². The molecule has 1 heterocycles. The van der Waals surface area contributed by atoms with Gasteiger partial charge >= 0.3 is 5.37 Å². The van der Waals surface area contributed by atoms with E-state index in [0.29, 0.717) is 0 Å². The van der Waals surface area contributed by atoms with Crippen molar-refractivity contribution >= 4 is 33.6 Å². The Labute approximate surface area is 92.6 Å². The van der Waals surface area contributed by atoms with E-state index in [2.05, 4.69) is 4.98 Å². The number of fused-ring (bicyclic) bond motifs is 1. The largest absolute Gasteiger partial charge is 0.357 e. The van der Waals surface area contributed by atoms with Crippen molar-refractivity contribution in [2.24, 2.45) is 0 Å². The van der Waals surface area contributed by atoms with Crippen LogP contribution >= 0.6 is 11.6 Å². The lowest BCUT2D eigenvalue weighted by molar-refractivity contribution is 0.265. The monoisotopic (exact) mass is 222 g/mol. The van der Waals surface area contributed by atoms with Gasteiger partial charge in [0.25, 0.3) is 0 Å². The fraction of sp³-hybridized carbons (Fsp3) is 0.182. The van der Waals surface area contributed by atoms with Crippen LogP contribution in [0.5, 0.6) is 0 Å². The maximum absolute atomic E-state index is 11.1. The Hall–Kier alpha value is -1.48. The maximum Gasteiger partial charge on any atom is 0.320 e. The molecule has 2 rings (SSSR count). The first-order chi connectivity index (χ1) is 7.11. The normalized spacial score (nSPS) is 10.6. The molecule has 0 aliphatic heterocycles. The first-order valence-electron chi connectivity index (χ1n) is 4.61. The number of nitrogens with zero attached hydrogens (tertiary/aromatic N) is 1. The predicted molar refractivity (Wildman–Crippen MR) is 62.7 cm³/mol. The molecule has 0 unspecified atom stereocenters. The molecule has 15 heavy (non-hydrogen) atoms.